The highest BCUT2D eigenvalue weighted by Gasteiger charge is 2.37. The standard InChI is InChI=1S/C12H24N2O/c1-9-6-13-7-11(9)8-14-12(3)4-5-15-10(12)2/h9-11,13-14H,4-8H2,1-3H3/t9-,10?,11+,12?/m1/s1. The van der Waals surface area contributed by atoms with Crippen LogP contribution in [-0.2, 0) is 4.74 Å². The Morgan fingerprint density at radius 2 is 2.20 bits per heavy atom. The molecule has 3 heteroatoms. The quantitative estimate of drug-likeness (QED) is 0.732. The van der Waals surface area contributed by atoms with E-state index < -0.39 is 0 Å². The van der Waals surface area contributed by atoms with Gasteiger partial charge in [0.15, 0.2) is 0 Å². The van der Waals surface area contributed by atoms with Gasteiger partial charge in [0.1, 0.15) is 0 Å². The lowest BCUT2D eigenvalue weighted by atomic mass is 9.92. The average molecular weight is 212 g/mol. The molecule has 2 aliphatic rings. The van der Waals surface area contributed by atoms with Crippen LogP contribution in [0.2, 0.25) is 0 Å². The molecule has 2 fully saturated rings. The summed E-state index contributed by atoms with van der Waals surface area (Å²) >= 11 is 0. The molecule has 0 aromatic heterocycles. The van der Waals surface area contributed by atoms with Gasteiger partial charge in [0.25, 0.3) is 0 Å². The largest absolute Gasteiger partial charge is 0.377 e. The van der Waals surface area contributed by atoms with Crippen molar-refractivity contribution in [2.75, 3.05) is 26.2 Å². The summed E-state index contributed by atoms with van der Waals surface area (Å²) in [5.74, 6) is 1.59. The maximum Gasteiger partial charge on any atom is 0.0726 e. The molecular formula is C12H24N2O. The van der Waals surface area contributed by atoms with Crippen molar-refractivity contribution in [3.8, 4) is 0 Å². The molecule has 2 rings (SSSR count). The van der Waals surface area contributed by atoms with Gasteiger partial charge in [-0.1, -0.05) is 6.92 Å². The van der Waals surface area contributed by atoms with Crippen LogP contribution >= 0.6 is 0 Å². The molecule has 3 nitrogen and oxygen atoms in total. The van der Waals surface area contributed by atoms with Crippen molar-refractivity contribution in [1.29, 1.82) is 0 Å². The van der Waals surface area contributed by atoms with E-state index in [-0.39, 0.29) is 5.54 Å². The van der Waals surface area contributed by atoms with E-state index in [1.54, 1.807) is 0 Å². The van der Waals surface area contributed by atoms with Crippen LogP contribution in [0.5, 0.6) is 0 Å². The maximum atomic E-state index is 5.63. The minimum atomic E-state index is 0.197. The lowest BCUT2D eigenvalue weighted by Gasteiger charge is -2.31. The van der Waals surface area contributed by atoms with Crippen molar-refractivity contribution < 1.29 is 4.74 Å². The summed E-state index contributed by atoms with van der Waals surface area (Å²) in [6.07, 6.45) is 1.49. The summed E-state index contributed by atoms with van der Waals surface area (Å²) in [6, 6.07) is 0. The Kier molecular flexibility index (Phi) is 3.33. The second-order valence-electron chi connectivity index (χ2n) is 5.46. The molecule has 0 spiro atoms. The van der Waals surface area contributed by atoms with Crippen LogP contribution in [0, 0.1) is 11.8 Å². The van der Waals surface area contributed by atoms with Gasteiger partial charge in [-0.05, 0) is 45.2 Å². The predicted molar refractivity (Wildman–Crippen MR) is 62.0 cm³/mol. The molecule has 0 saturated carbocycles. The third-order valence-electron chi connectivity index (χ3n) is 4.33. The van der Waals surface area contributed by atoms with Crippen molar-refractivity contribution in [2.24, 2.45) is 11.8 Å². The van der Waals surface area contributed by atoms with Gasteiger partial charge in [0, 0.05) is 18.7 Å². The molecule has 88 valence electrons. The summed E-state index contributed by atoms with van der Waals surface area (Å²) in [4.78, 5) is 0. The molecule has 2 aliphatic heterocycles. The molecule has 2 N–H and O–H groups in total. The summed E-state index contributed by atoms with van der Waals surface area (Å²) in [5.41, 5.74) is 0.197. The SMILES string of the molecule is CC1OCCC1(C)NC[C@@H]1CNC[C@H]1C. The molecule has 15 heavy (non-hydrogen) atoms. The Morgan fingerprint density at radius 1 is 1.40 bits per heavy atom. The Bertz CT molecular complexity index is 222. The maximum absolute atomic E-state index is 5.63. The second kappa shape index (κ2) is 4.40. The van der Waals surface area contributed by atoms with E-state index in [9.17, 15) is 0 Å². The monoisotopic (exact) mass is 212 g/mol. The first-order valence-electron chi connectivity index (χ1n) is 6.19. The summed E-state index contributed by atoms with van der Waals surface area (Å²) < 4.78 is 5.63. The first-order chi connectivity index (χ1) is 7.12. The Labute approximate surface area is 93.0 Å². The number of ether oxygens (including phenoxy) is 1. The van der Waals surface area contributed by atoms with Crippen molar-refractivity contribution in [1.82, 2.24) is 10.6 Å². The third kappa shape index (κ3) is 2.35. The molecule has 0 radical (unpaired) electrons. The minimum Gasteiger partial charge on any atom is -0.377 e. The lowest BCUT2D eigenvalue weighted by Crippen LogP contribution is -2.50. The highest BCUT2D eigenvalue weighted by Crippen LogP contribution is 2.26. The zero-order valence-corrected chi connectivity index (χ0v) is 10.2. The number of nitrogens with one attached hydrogen (secondary N) is 2. The van der Waals surface area contributed by atoms with Crippen molar-refractivity contribution >= 4 is 0 Å². The molecular weight excluding hydrogens is 188 g/mol. The number of rotatable bonds is 3. The molecule has 0 aliphatic carbocycles. The van der Waals surface area contributed by atoms with E-state index in [0.717, 1.165) is 31.4 Å². The predicted octanol–water partition coefficient (Wildman–Crippen LogP) is 0.999. The van der Waals surface area contributed by atoms with Crippen molar-refractivity contribution in [3.63, 3.8) is 0 Å². The first kappa shape index (κ1) is 11.4. The molecule has 0 amide bonds. The van der Waals surface area contributed by atoms with Crippen LogP contribution in [0.15, 0.2) is 0 Å². The van der Waals surface area contributed by atoms with Gasteiger partial charge in [-0.15, -0.1) is 0 Å². The van der Waals surface area contributed by atoms with Crippen LogP contribution in [0.25, 0.3) is 0 Å². The van der Waals surface area contributed by atoms with E-state index in [2.05, 4.69) is 31.4 Å². The zero-order chi connectivity index (χ0) is 10.9. The second-order valence-corrected chi connectivity index (χ2v) is 5.46. The summed E-state index contributed by atoms with van der Waals surface area (Å²) in [6.45, 7) is 11.2. The lowest BCUT2D eigenvalue weighted by molar-refractivity contribution is 0.0867. The summed E-state index contributed by atoms with van der Waals surface area (Å²) in [7, 11) is 0. The van der Waals surface area contributed by atoms with E-state index in [1.807, 2.05) is 0 Å². The van der Waals surface area contributed by atoms with Crippen LogP contribution in [0.3, 0.4) is 0 Å². The Balaban J connectivity index is 1.81. The molecule has 0 aromatic rings. The molecule has 0 bridgehead atoms. The van der Waals surface area contributed by atoms with Gasteiger partial charge >= 0.3 is 0 Å². The van der Waals surface area contributed by atoms with Crippen LogP contribution in [-0.4, -0.2) is 37.9 Å². The van der Waals surface area contributed by atoms with Gasteiger partial charge in [-0.3, -0.25) is 0 Å². The molecule has 0 aromatic carbocycles. The van der Waals surface area contributed by atoms with Gasteiger partial charge < -0.3 is 15.4 Å². The topological polar surface area (TPSA) is 33.3 Å². The fourth-order valence-electron chi connectivity index (χ4n) is 2.57. The van der Waals surface area contributed by atoms with Crippen molar-refractivity contribution in [3.05, 3.63) is 0 Å². The van der Waals surface area contributed by atoms with Crippen molar-refractivity contribution in [2.45, 2.75) is 38.8 Å². The van der Waals surface area contributed by atoms with Gasteiger partial charge in [-0.2, -0.15) is 0 Å². The molecule has 4 atom stereocenters. The van der Waals surface area contributed by atoms with Gasteiger partial charge in [-0.25, -0.2) is 0 Å². The van der Waals surface area contributed by atoms with E-state index in [1.165, 1.54) is 13.1 Å². The van der Waals surface area contributed by atoms with E-state index in [4.69, 9.17) is 4.74 Å². The average Bonchev–Trinajstić information content (AvgIpc) is 2.73. The highest BCUT2D eigenvalue weighted by molar-refractivity contribution is 4.94. The van der Waals surface area contributed by atoms with Crippen LogP contribution < -0.4 is 10.6 Å². The third-order valence-corrected chi connectivity index (χ3v) is 4.33. The molecule has 2 unspecified atom stereocenters. The minimum absolute atomic E-state index is 0.197. The molecule has 2 heterocycles. The molecule has 2 saturated heterocycles. The smallest absolute Gasteiger partial charge is 0.0726 e. The van der Waals surface area contributed by atoms with E-state index >= 15 is 0 Å². The summed E-state index contributed by atoms with van der Waals surface area (Å²) in [5, 5.41) is 7.17. The normalized spacial score (nSPS) is 46.2. The zero-order valence-electron chi connectivity index (χ0n) is 10.2. The fourth-order valence-corrected chi connectivity index (χ4v) is 2.57. The Hall–Kier alpha value is -0.120. The van der Waals surface area contributed by atoms with Gasteiger partial charge in [0.2, 0.25) is 0 Å². The highest BCUT2D eigenvalue weighted by atomic mass is 16.5. The van der Waals surface area contributed by atoms with Gasteiger partial charge in [0.05, 0.1) is 6.10 Å². The number of hydrogen-bond donors (Lipinski definition) is 2. The van der Waals surface area contributed by atoms with E-state index in [0.29, 0.717) is 6.10 Å². The van der Waals surface area contributed by atoms with Crippen LogP contribution in [0.4, 0.5) is 0 Å². The van der Waals surface area contributed by atoms with Crippen LogP contribution in [0.1, 0.15) is 27.2 Å². The first-order valence-corrected chi connectivity index (χ1v) is 6.19. The fraction of sp³-hybridized carbons (Fsp3) is 1.00. The number of hydrogen-bond acceptors (Lipinski definition) is 3. The Morgan fingerprint density at radius 3 is 2.73 bits per heavy atom.